The van der Waals surface area contributed by atoms with E-state index in [2.05, 4.69) is 70.8 Å². The maximum absolute atomic E-state index is 11.9. The van der Waals surface area contributed by atoms with Gasteiger partial charge in [0.05, 0.1) is 12.2 Å². The first-order valence-electron chi connectivity index (χ1n) is 13.8. The lowest BCUT2D eigenvalue weighted by Crippen LogP contribution is -2.34. The number of anilines is 2. The summed E-state index contributed by atoms with van der Waals surface area (Å²) in [5.41, 5.74) is 9.52. The Hall–Kier alpha value is -4.18. The molecule has 2 aliphatic rings. The van der Waals surface area contributed by atoms with Gasteiger partial charge in [-0.2, -0.15) is 9.97 Å². The van der Waals surface area contributed by atoms with Gasteiger partial charge in [-0.05, 0) is 56.8 Å². The van der Waals surface area contributed by atoms with Crippen molar-refractivity contribution in [1.29, 1.82) is 0 Å². The Bertz CT molecular complexity index is 1420. The lowest BCUT2D eigenvalue weighted by atomic mass is 10.00. The minimum atomic E-state index is -0.662. The van der Waals surface area contributed by atoms with Crippen molar-refractivity contribution in [3.8, 4) is 6.01 Å². The van der Waals surface area contributed by atoms with Gasteiger partial charge in [-0.25, -0.2) is 0 Å². The van der Waals surface area contributed by atoms with E-state index < -0.39 is 5.91 Å². The number of carbonyl (C=O) groups excluding carboxylic acids is 2. The molecule has 10 nitrogen and oxygen atoms in total. The summed E-state index contributed by atoms with van der Waals surface area (Å²) in [5, 5.41) is 8.60. The number of aromatic nitrogens is 2. The molecule has 40 heavy (non-hydrogen) atoms. The number of aryl methyl sites for hydroxylation is 1. The zero-order chi connectivity index (χ0) is 28.1. The molecule has 0 radical (unpaired) electrons. The van der Waals surface area contributed by atoms with Crippen LogP contribution in [0.4, 0.5) is 11.5 Å². The summed E-state index contributed by atoms with van der Waals surface area (Å²) in [7, 11) is 2.12. The molecule has 1 saturated heterocycles. The van der Waals surface area contributed by atoms with Crippen LogP contribution < -0.4 is 26.0 Å². The normalized spacial score (nSPS) is 17.2. The van der Waals surface area contributed by atoms with Crippen LogP contribution in [0.5, 0.6) is 6.01 Å². The summed E-state index contributed by atoms with van der Waals surface area (Å²) in [6.45, 7) is 6.06. The Labute approximate surface area is 234 Å². The van der Waals surface area contributed by atoms with Crippen LogP contribution in [0.3, 0.4) is 0 Å². The molecule has 1 atom stereocenters. The van der Waals surface area contributed by atoms with Gasteiger partial charge in [-0.15, -0.1) is 0 Å². The van der Waals surface area contributed by atoms with Crippen molar-refractivity contribution in [2.75, 3.05) is 50.1 Å². The van der Waals surface area contributed by atoms with E-state index in [1.54, 1.807) is 0 Å². The van der Waals surface area contributed by atoms with Crippen molar-refractivity contribution < 1.29 is 14.3 Å². The van der Waals surface area contributed by atoms with Gasteiger partial charge in [0, 0.05) is 54.5 Å². The predicted molar refractivity (Wildman–Crippen MR) is 156 cm³/mol. The first-order valence-corrected chi connectivity index (χ1v) is 13.8. The van der Waals surface area contributed by atoms with Crippen LogP contribution in [0.1, 0.15) is 29.7 Å². The molecular weight excluding hydrogens is 506 g/mol. The Morgan fingerprint density at radius 1 is 1.12 bits per heavy atom. The Morgan fingerprint density at radius 2 is 1.95 bits per heavy atom. The van der Waals surface area contributed by atoms with Gasteiger partial charge in [0.1, 0.15) is 12.4 Å². The topological polar surface area (TPSA) is 126 Å². The van der Waals surface area contributed by atoms with Crippen molar-refractivity contribution in [1.82, 2.24) is 20.2 Å². The fourth-order valence-corrected chi connectivity index (χ4v) is 5.54. The summed E-state index contributed by atoms with van der Waals surface area (Å²) >= 11 is 0. The van der Waals surface area contributed by atoms with E-state index in [4.69, 9.17) is 20.4 Å². The number of rotatable bonds is 10. The van der Waals surface area contributed by atoms with Crippen LogP contribution in [-0.4, -0.2) is 72.6 Å². The van der Waals surface area contributed by atoms with Gasteiger partial charge < -0.3 is 30.9 Å². The molecule has 210 valence electrons. The third kappa shape index (κ3) is 6.34. The fourth-order valence-electron chi connectivity index (χ4n) is 5.54. The smallest absolute Gasteiger partial charge is 0.318 e. The van der Waals surface area contributed by atoms with Crippen molar-refractivity contribution in [2.45, 2.75) is 38.8 Å². The molecule has 1 fully saturated rings. The highest BCUT2D eigenvalue weighted by atomic mass is 16.5. The van der Waals surface area contributed by atoms with Gasteiger partial charge in [-0.3, -0.25) is 9.59 Å². The highest BCUT2D eigenvalue weighted by Gasteiger charge is 2.26. The summed E-state index contributed by atoms with van der Waals surface area (Å²) in [4.78, 5) is 37.1. The molecule has 10 heteroatoms. The number of ether oxygens (including phenoxy) is 1. The number of benzene rings is 2. The molecule has 0 bridgehead atoms. The number of likely N-dealkylation sites (tertiary alicyclic amines) is 1. The highest BCUT2D eigenvalue weighted by molar-refractivity contribution is 5.97. The Kier molecular flexibility index (Phi) is 8.45. The number of nitrogens with two attached hydrogens (primary N) is 1. The van der Waals surface area contributed by atoms with Crippen LogP contribution >= 0.6 is 0 Å². The average molecular weight is 544 g/mol. The van der Waals surface area contributed by atoms with E-state index >= 15 is 0 Å². The van der Waals surface area contributed by atoms with E-state index in [0.29, 0.717) is 38.3 Å². The number of primary amides is 1. The molecule has 0 saturated carbocycles. The molecule has 4 N–H and O–H groups in total. The highest BCUT2D eigenvalue weighted by Crippen LogP contribution is 2.34. The summed E-state index contributed by atoms with van der Waals surface area (Å²) < 4.78 is 6.15. The number of nitrogens with one attached hydrogen (secondary N) is 2. The second-order valence-electron chi connectivity index (χ2n) is 10.4. The first-order chi connectivity index (χ1) is 19.4. The second kappa shape index (κ2) is 12.3. The molecule has 0 spiro atoms. The van der Waals surface area contributed by atoms with E-state index in [-0.39, 0.29) is 5.91 Å². The van der Waals surface area contributed by atoms with Crippen LogP contribution in [0.2, 0.25) is 0 Å². The maximum Gasteiger partial charge on any atom is 0.318 e. The number of likely N-dealkylation sites (N-methyl/N-ethyl adjacent to an activating group) is 1. The molecule has 3 heterocycles. The first kappa shape index (κ1) is 27.4. The quantitative estimate of drug-likeness (QED) is 0.263. The lowest BCUT2D eigenvalue weighted by molar-refractivity contribution is -0.117. The zero-order valence-electron chi connectivity index (χ0n) is 23.2. The van der Waals surface area contributed by atoms with Crippen molar-refractivity contribution in [3.05, 3.63) is 65.4 Å². The lowest BCUT2D eigenvalue weighted by Gasteiger charge is -2.32. The van der Waals surface area contributed by atoms with Crippen LogP contribution in [0.15, 0.2) is 48.6 Å². The number of amides is 2. The van der Waals surface area contributed by atoms with Gasteiger partial charge in [0.15, 0.2) is 0 Å². The van der Waals surface area contributed by atoms with Gasteiger partial charge in [0.2, 0.25) is 11.8 Å². The van der Waals surface area contributed by atoms with Gasteiger partial charge >= 0.3 is 6.01 Å². The largest absolute Gasteiger partial charge is 0.462 e. The van der Waals surface area contributed by atoms with Crippen molar-refractivity contribution in [2.24, 2.45) is 5.73 Å². The standard InChI is InChI=1S/C30H37N7O3/c1-20-6-3-7-21-8-4-10-25(28(20)21)37-17-13-23-24(18-37)34-30(40-19-22-9-5-16-36(22)2)35-29(23)33-15-14-32-27(39)12-11-26(31)38/h3-4,6-8,10-12,22H,5,9,13-19H2,1-2H3,(H2,31,38)(H,32,39)(H,33,34,35)/b12-11+/t22-/m0/s1. The summed E-state index contributed by atoms with van der Waals surface area (Å²) in [6, 6.07) is 13.6. The third-order valence-electron chi connectivity index (χ3n) is 7.67. The monoisotopic (exact) mass is 543 g/mol. The SMILES string of the molecule is Cc1cccc2cccc(N3CCc4c(nc(OC[C@@H]5CCCN5C)nc4NCCNC(=O)/C=C/C(N)=O)C3)c12. The number of hydrogen-bond donors (Lipinski definition) is 3. The third-order valence-corrected chi connectivity index (χ3v) is 7.67. The number of carbonyl (C=O) groups is 2. The Balaban J connectivity index is 1.35. The number of nitrogens with zero attached hydrogens (tertiary/aromatic N) is 4. The second-order valence-corrected chi connectivity index (χ2v) is 10.4. The number of hydrogen-bond acceptors (Lipinski definition) is 8. The molecule has 1 aromatic heterocycles. The van der Waals surface area contributed by atoms with Gasteiger partial charge in [-0.1, -0.05) is 30.3 Å². The predicted octanol–water partition coefficient (Wildman–Crippen LogP) is 2.54. The maximum atomic E-state index is 11.9. The molecule has 2 amide bonds. The molecule has 0 unspecified atom stereocenters. The van der Waals surface area contributed by atoms with Crippen LogP contribution in [0.25, 0.3) is 10.8 Å². The molecule has 5 rings (SSSR count). The molecule has 3 aromatic rings. The van der Waals surface area contributed by atoms with E-state index in [1.807, 2.05) is 0 Å². The van der Waals surface area contributed by atoms with Crippen molar-refractivity contribution in [3.63, 3.8) is 0 Å². The van der Waals surface area contributed by atoms with Gasteiger partial charge in [0.25, 0.3) is 0 Å². The Morgan fingerprint density at radius 3 is 2.73 bits per heavy atom. The van der Waals surface area contributed by atoms with E-state index in [9.17, 15) is 9.59 Å². The molecule has 0 aliphatic carbocycles. The fraction of sp³-hybridized carbons (Fsp3) is 0.400. The van der Waals surface area contributed by atoms with Crippen molar-refractivity contribution >= 4 is 34.1 Å². The van der Waals surface area contributed by atoms with Crippen LogP contribution in [-0.2, 0) is 22.6 Å². The van der Waals surface area contributed by atoms with E-state index in [1.165, 1.54) is 28.4 Å². The minimum Gasteiger partial charge on any atom is -0.462 e. The average Bonchev–Trinajstić information content (AvgIpc) is 3.37. The zero-order valence-corrected chi connectivity index (χ0v) is 23.2. The van der Waals surface area contributed by atoms with Crippen LogP contribution in [0, 0.1) is 6.92 Å². The molecular formula is C30H37N7O3. The van der Waals surface area contributed by atoms with E-state index in [0.717, 1.165) is 55.2 Å². The molecule has 2 aromatic carbocycles. The summed E-state index contributed by atoms with van der Waals surface area (Å²) in [5.74, 6) is -0.309. The number of fused-ring (bicyclic) bond motifs is 2. The summed E-state index contributed by atoms with van der Waals surface area (Å²) in [6.07, 6.45) is 5.22. The minimum absolute atomic E-state index is 0.352. The molecule has 2 aliphatic heterocycles.